The fraction of sp³-hybridized carbons (Fsp3) is 0.500. The normalized spacial score (nSPS) is 18.8. The predicted octanol–water partition coefficient (Wildman–Crippen LogP) is 1.66. The molecule has 2 rings (SSSR count). The first-order chi connectivity index (χ1) is 5.79. The fourth-order valence-electron chi connectivity index (χ4n) is 0.952. The summed E-state index contributed by atoms with van der Waals surface area (Å²) in [5, 5.41) is 3.14. The zero-order chi connectivity index (χ0) is 8.44. The van der Waals surface area contributed by atoms with Crippen molar-refractivity contribution in [2.24, 2.45) is 0 Å². The Morgan fingerprint density at radius 2 is 2.33 bits per heavy atom. The van der Waals surface area contributed by atoms with Gasteiger partial charge >= 0.3 is 0 Å². The Bertz CT molecular complexity index is 258. The van der Waals surface area contributed by atoms with E-state index >= 15 is 0 Å². The molecule has 1 saturated carbocycles. The van der Waals surface area contributed by atoms with Crippen LogP contribution in [0.5, 0.6) is 0 Å². The van der Waals surface area contributed by atoms with E-state index in [1.807, 2.05) is 0 Å². The standard InChI is InChI=1S/C8H10ClN3/c9-8(1-2-8)6-12-7-5-10-3-4-11-7/h3-5H,1-2,6H2,(H,11,12). The maximum atomic E-state index is 6.08. The minimum absolute atomic E-state index is 0.00246. The number of nitrogens with zero attached hydrogens (tertiary/aromatic N) is 2. The lowest BCUT2D eigenvalue weighted by Crippen LogP contribution is -2.15. The van der Waals surface area contributed by atoms with Crippen molar-refractivity contribution in [3.63, 3.8) is 0 Å². The van der Waals surface area contributed by atoms with Gasteiger partial charge in [0, 0.05) is 18.9 Å². The number of hydrogen-bond acceptors (Lipinski definition) is 3. The minimum Gasteiger partial charge on any atom is -0.367 e. The average Bonchev–Trinajstić information content (AvgIpc) is 2.84. The van der Waals surface area contributed by atoms with Gasteiger partial charge in [0.05, 0.1) is 11.1 Å². The third-order valence-electron chi connectivity index (χ3n) is 1.94. The monoisotopic (exact) mass is 183 g/mol. The summed E-state index contributed by atoms with van der Waals surface area (Å²) in [5.41, 5.74) is 0. The van der Waals surface area contributed by atoms with Gasteiger partial charge in [-0.2, -0.15) is 0 Å². The molecule has 1 aliphatic rings. The van der Waals surface area contributed by atoms with Gasteiger partial charge in [-0.1, -0.05) is 0 Å². The molecular weight excluding hydrogens is 174 g/mol. The Hall–Kier alpha value is -0.830. The summed E-state index contributed by atoms with van der Waals surface area (Å²) in [4.78, 5) is 8.01. The Kier molecular flexibility index (Phi) is 1.89. The van der Waals surface area contributed by atoms with Crippen LogP contribution in [0.4, 0.5) is 5.82 Å². The average molecular weight is 184 g/mol. The van der Waals surface area contributed by atoms with Crippen molar-refractivity contribution in [1.82, 2.24) is 9.97 Å². The molecule has 64 valence electrons. The molecule has 1 fully saturated rings. The summed E-state index contributed by atoms with van der Waals surface area (Å²) in [7, 11) is 0. The zero-order valence-electron chi connectivity index (χ0n) is 6.63. The summed E-state index contributed by atoms with van der Waals surface area (Å²) in [5.74, 6) is 0.796. The van der Waals surface area contributed by atoms with Gasteiger partial charge in [0.15, 0.2) is 0 Å². The van der Waals surface area contributed by atoms with E-state index in [4.69, 9.17) is 11.6 Å². The van der Waals surface area contributed by atoms with E-state index in [9.17, 15) is 0 Å². The van der Waals surface area contributed by atoms with E-state index < -0.39 is 0 Å². The second kappa shape index (κ2) is 2.90. The lowest BCUT2D eigenvalue weighted by Gasteiger charge is -2.07. The first kappa shape index (κ1) is 7.80. The van der Waals surface area contributed by atoms with Crippen LogP contribution in [0.1, 0.15) is 12.8 Å². The second-order valence-corrected chi connectivity index (χ2v) is 3.90. The number of halogens is 1. The van der Waals surface area contributed by atoms with E-state index in [0.29, 0.717) is 0 Å². The van der Waals surface area contributed by atoms with Crippen LogP contribution in [-0.4, -0.2) is 21.4 Å². The molecule has 0 saturated heterocycles. The molecule has 4 heteroatoms. The van der Waals surface area contributed by atoms with Gasteiger partial charge in [0.2, 0.25) is 0 Å². The molecule has 1 N–H and O–H groups in total. The van der Waals surface area contributed by atoms with Crippen molar-refractivity contribution in [3.05, 3.63) is 18.6 Å². The van der Waals surface area contributed by atoms with Crippen molar-refractivity contribution in [2.45, 2.75) is 17.7 Å². The first-order valence-electron chi connectivity index (χ1n) is 3.97. The predicted molar refractivity (Wildman–Crippen MR) is 48.3 cm³/mol. The van der Waals surface area contributed by atoms with Crippen LogP contribution >= 0.6 is 11.6 Å². The Balaban J connectivity index is 1.88. The van der Waals surface area contributed by atoms with Crippen LogP contribution in [0.3, 0.4) is 0 Å². The van der Waals surface area contributed by atoms with Gasteiger partial charge in [0.1, 0.15) is 5.82 Å². The maximum absolute atomic E-state index is 6.08. The molecule has 0 atom stereocenters. The number of rotatable bonds is 3. The van der Waals surface area contributed by atoms with Crippen molar-refractivity contribution in [1.29, 1.82) is 0 Å². The molecule has 0 spiro atoms. The second-order valence-electron chi connectivity index (χ2n) is 3.10. The van der Waals surface area contributed by atoms with Gasteiger partial charge < -0.3 is 5.32 Å². The molecule has 0 aliphatic heterocycles. The van der Waals surface area contributed by atoms with Crippen LogP contribution < -0.4 is 5.32 Å². The van der Waals surface area contributed by atoms with Crippen molar-refractivity contribution >= 4 is 17.4 Å². The Morgan fingerprint density at radius 3 is 2.92 bits per heavy atom. The summed E-state index contributed by atoms with van der Waals surface area (Å²) in [6.07, 6.45) is 7.21. The van der Waals surface area contributed by atoms with Gasteiger partial charge in [-0.15, -0.1) is 11.6 Å². The summed E-state index contributed by atoms with van der Waals surface area (Å²) < 4.78 is 0. The summed E-state index contributed by atoms with van der Waals surface area (Å²) in [6, 6.07) is 0. The SMILES string of the molecule is ClC1(CNc2cnccn2)CC1. The molecule has 1 aromatic rings. The minimum atomic E-state index is -0.00246. The molecule has 1 aliphatic carbocycles. The van der Waals surface area contributed by atoms with E-state index in [0.717, 1.165) is 25.2 Å². The van der Waals surface area contributed by atoms with Gasteiger partial charge in [0.25, 0.3) is 0 Å². The smallest absolute Gasteiger partial charge is 0.144 e. The van der Waals surface area contributed by atoms with E-state index in [-0.39, 0.29) is 4.87 Å². The molecular formula is C8H10ClN3. The van der Waals surface area contributed by atoms with Gasteiger partial charge in [-0.25, -0.2) is 4.98 Å². The van der Waals surface area contributed by atoms with Crippen LogP contribution in [-0.2, 0) is 0 Å². The number of alkyl halides is 1. The number of aromatic nitrogens is 2. The highest BCUT2D eigenvalue weighted by atomic mass is 35.5. The summed E-state index contributed by atoms with van der Waals surface area (Å²) >= 11 is 6.08. The molecule has 0 unspecified atom stereocenters. The lowest BCUT2D eigenvalue weighted by molar-refractivity contribution is 0.921. The highest BCUT2D eigenvalue weighted by Gasteiger charge is 2.40. The maximum Gasteiger partial charge on any atom is 0.144 e. The van der Waals surface area contributed by atoms with Crippen LogP contribution in [0.15, 0.2) is 18.6 Å². The molecule has 1 heterocycles. The molecule has 3 nitrogen and oxygen atoms in total. The molecule has 1 aromatic heterocycles. The number of nitrogens with one attached hydrogen (secondary N) is 1. The molecule has 0 amide bonds. The van der Waals surface area contributed by atoms with E-state index in [1.54, 1.807) is 18.6 Å². The molecule has 0 aromatic carbocycles. The van der Waals surface area contributed by atoms with Crippen molar-refractivity contribution in [3.8, 4) is 0 Å². The Morgan fingerprint density at radius 1 is 1.50 bits per heavy atom. The number of hydrogen-bond donors (Lipinski definition) is 1. The van der Waals surface area contributed by atoms with Crippen molar-refractivity contribution < 1.29 is 0 Å². The zero-order valence-corrected chi connectivity index (χ0v) is 7.38. The summed E-state index contributed by atoms with van der Waals surface area (Å²) in [6.45, 7) is 0.785. The third kappa shape index (κ3) is 1.85. The van der Waals surface area contributed by atoms with Crippen LogP contribution in [0, 0.1) is 0 Å². The van der Waals surface area contributed by atoms with Gasteiger partial charge in [-0.3, -0.25) is 4.98 Å². The van der Waals surface area contributed by atoms with Crippen LogP contribution in [0.25, 0.3) is 0 Å². The van der Waals surface area contributed by atoms with Gasteiger partial charge in [-0.05, 0) is 12.8 Å². The third-order valence-corrected chi connectivity index (χ3v) is 2.45. The molecule has 0 bridgehead atoms. The Labute approximate surface area is 76.2 Å². The fourth-order valence-corrected chi connectivity index (χ4v) is 1.11. The molecule has 0 radical (unpaired) electrons. The lowest BCUT2D eigenvalue weighted by atomic mass is 10.4. The largest absolute Gasteiger partial charge is 0.367 e. The topological polar surface area (TPSA) is 37.8 Å². The highest BCUT2D eigenvalue weighted by molar-refractivity contribution is 6.26. The van der Waals surface area contributed by atoms with E-state index in [1.165, 1.54) is 0 Å². The van der Waals surface area contributed by atoms with E-state index in [2.05, 4.69) is 15.3 Å². The molecule has 12 heavy (non-hydrogen) atoms. The first-order valence-corrected chi connectivity index (χ1v) is 4.35. The highest BCUT2D eigenvalue weighted by Crippen LogP contribution is 2.42. The quantitative estimate of drug-likeness (QED) is 0.725. The number of anilines is 1. The van der Waals surface area contributed by atoms with Crippen molar-refractivity contribution in [2.75, 3.05) is 11.9 Å². The van der Waals surface area contributed by atoms with Crippen LogP contribution in [0.2, 0.25) is 0 Å².